The minimum absolute atomic E-state index is 0.0782. The summed E-state index contributed by atoms with van der Waals surface area (Å²) in [4.78, 5) is 25.7. The number of halogens is 1. The highest BCUT2D eigenvalue weighted by Gasteiger charge is 2.14. The predicted molar refractivity (Wildman–Crippen MR) is 89.1 cm³/mol. The predicted octanol–water partition coefficient (Wildman–Crippen LogP) is 4.29. The van der Waals surface area contributed by atoms with E-state index < -0.39 is 4.92 Å². The molecule has 0 aliphatic heterocycles. The summed E-state index contributed by atoms with van der Waals surface area (Å²) in [6.45, 7) is 1.77. The highest BCUT2D eigenvalue weighted by Crippen LogP contribution is 2.25. The Hall–Kier alpha value is -2.86. The third-order valence-electron chi connectivity index (χ3n) is 3.53. The van der Waals surface area contributed by atoms with Crippen molar-refractivity contribution in [2.75, 3.05) is 5.32 Å². The zero-order valence-corrected chi connectivity index (χ0v) is 12.8. The molecule has 0 spiro atoms. The Balaban J connectivity index is 1.93. The topological polar surface area (TPSA) is 88.0 Å². The number of amides is 1. The minimum Gasteiger partial charge on any atom is -0.349 e. The number of hydrogen-bond acceptors (Lipinski definition) is 3. The molecule has 2 N–H and O–H groups in total. The number of non-ortho nitro benzene ring substituents is 1. The summed E-state index contributed by atoms with van der Waals surface area (Å²) in [5, 5.41) is 14.9. The molecule has 0 aliphatic rings. The van der Waals surface area contributed by atoms with Crippen LogP contribution in [0, 0.1) is 17.0 Å². The lowest BCUT2D eigenvalue weighted by Gasteiger charge is -2.07. The molecule has 0 aliphatic carbocycles. The zero-order valence-electron chi connectivity index (χ0n) is 12.1. The van der Waals surface area contributed by atoms with Gasteiger partial charge in [0, 0.05) is 17.5 Å². The van der Waals surface area contributed by atoms with Gasteiger partial charge in [0.15, 0.2) is 0 Å². The average molecular weight is 330 g/mol. The normalized spacial score (nSPS) is 10.7. The second-order valence-corrected chi connectivity index (χ2v) is 5.50. The van der Waals surface area contributed by atoms with Crippen LogP contribution >= 0.6 is 11.6 Å². The van der Waals surface area contributed by atoms with Crippen LogP contribution in [0.4, 0.5) is 11.4 Å². The van der Waals surface area contributed by atoms with Crippen LogP contribution < -0.4 is 5.32 Å². The number of hydrogen-bond donors (Lipinski definition) is 2. The molecule has 0 unspecified atom stereocenters. The van der Waals surface area contributed by atoms with Gasteiger partial charge in [-0.25, -0.2) is 0 Å². The monoisotopic (exact) mass is 329 g/mol. The molecule has 2 aromatic carbocycles. The number of nitrogens with zero attached hydrogens (tertiary/aromatic N) is 1. The Bertz CT molecular complexity index is 933. The van der Waals surface area contributed by atoms with Crippen molar-refractivity contribution in [1.29, 1.82) is 0 Å². The highest BCUT2D eigenvalue weighted by atomic mass is 35.5. The molecule has 116 valence electrons. The highest BCUT2D eigenvalue weighted by molar-refractivity contribution is 6.35. The van der Waals surface area contributed by atoms with Crippen LogP contribution in [0.5, 0.6) is 0 Å². The smallest absolute Gasteiger partial charge is 0.272 e. The molecule has 6 nitrogen and oxygen atoms in total. The van der Waals surface area contributed by atoms with Crippen molar-refractivity contribution in [2.45, 2.75) is 6.92 Å². The number of nitrogens with one attached hydrogen (secondary N) is 2. The molecular formula is C16H12ClN3O3. The first-order chi connectivity index (χ1) is 11.0. The number of aryl methyl sites for hydroxylation is 1. The molecule has 1 aromatic heterocycles. The lowest BCUT2D eigenvalue weighted by molar-refractivity contribution is -0.384. The van der Waals surface area contributed by atoms with Crippen molar-refractivity contribution in [3.05, 3.63) is 68.9 Å². The largest absolute Gasteiger partial charge is 0.349 e. The van der Waals surface area contributed by atoms with Crippen LogP contribution in [0.1, 0.15) is 16.1 Å². The van der Waals surface area contributed by atoms with E-state index in [0.717, 1.165) is 10.9 Å². The number of para-hydroxylation sites is 1. The summed E-state index contributed by atoms with van der Waals surface area (Å²) in [5.41, 5.74) is 2.06. The van der Waals surface area contributed by atoms with Crippen molar-refractivity contribution in [3.8, 4) is 0 Å². The number of H-pyrrole nitrogens is 1. The quantitative estimate of drug-likeness (QED) is 0.555. The van der Waals surface area contributed by atoms with Gasteiger partial charge in [0.2, 0.25) is 0 Å². The summed E-state index contributed by atoms with van der Waals surface area (Å²) >= 11 is 6.08. The van der Waals surface area contributed by atoms with Gasteiger partial charge in [0.05, 0.1) is 21.2 Å². The summed E-state index contributed by atoms with van der Waals surface area (Å²) < 4.78 is 0. The maximum atomic E-state index is 12.4. The third-order valence-corrected chi connectivity index (χ3v) is 3.85. The molecule has 0 bridgehead atoms. The van der Waals surface area contributed by atoms with Crippen LogP contribution in [0.15, 0.2) is 42.5 Å². The van der Waals surface area contributed by atoms with E-state index in [0.29, 0.717) is 21.9 Å². The molecule has 1 amide bonds. The lowest BCUT2D eigenvalue weighted by atomic mass is 10.1. The zero-order chi connectivity index (χ0) is 16.6. The summed E-state index contributed by atoms with van der Waals surface area (Å²) in [7, 11) is 0. The molecular weight excluding hydrogens is 318 g/mol. The van der Waals surface area contributed by atoms with Crippen molar-refractivity contribution in [3.63, 3.8) is 0 Å². The van der Waals surface area contributed by atoms with Crippen LogP contribution in [-0.4, -0.2) is 15.8 Å². The first-order valence-corrected chi connectivity index (χ1v) is 7.17. The maximum absolute atomic E-state index is 12.4. The standard InChI is InChI=1S/C16H12ClN3O3/c1-9-5-6-11(20(22)23)8-13(9)19-16(21)14-7-10-3-2-4-12(17)15(10)18-14/h2-8,18H,1H3,(H,19,21). The average Bonchev–Trinajstić information content (AvgIpc) is 2.95. The van der Waals surface area contributed by atoms with Crippen LogP contribution in [0.3, 0.4) is 0 Å². The molecule has 1 heterocycles. The van der Waals surface area contributed by atoms with Crippen LogP contribution in [0.25, 0.3) is 10.9 Å². The number of aromatic amines is 1. The Morgan fingerprint density at radius 2 is 2.04 bits per heavy atom. The second-order valence-electron chi connectivity index (χ2n) is 5.10. The van der Waals surface area contributed by atoms with Gasteiger partial charge in [-0.15, -0.1) is 0 Å². The van der Waals surface area contributed by atoms with Crippen LogP contribution in [0.2, 0.25) is 5.02 Å². The van der Waals surface area contributed by atoms with Crippen molar-refractivity contribution in [2.24, 2.45) is 0 Å². The molecule has 0 saturated heterocycles. The van der Waals surface area contributed by atoms with Gasteiger partial charge in [-0.1, -0.05) is 29.8 Å². The van der Waals surface area contributed by atoms with E-state index in [4.69, 9.17) is 11.6 Å². The van der Waals surface area contributed by atoms with E-state index in [2.05, 4.69) is 10.3 Å². The molecule has 0 fully saturated rings. The number of nitro groups is 1. The third kappa shape index (κ3) is 2.89. The fraction of sp³-hybridized carbons (Fsp3) is 0.0625. The van der Waals surface area contributed by atoms with E-state index in [9.17, 15) is 14.9 Å². The number of carbonyl (C=O) groups excluding carboxylic acids is 1. The number of carbonyl (C=O) groups is 1. The fourth-order valence-corrected chi connectivity index (χ4v) is 2.52. The number of fused-ring (bicyclic) bond motifs is 1. The molecule has 3 rings (SSSR count). The molecule has 0 saturated carbocycles. The fourth-order valence-electron chi connectivity index (χ4n) is 2.29. The summed E-state index contributed by atoms with van der Waals surface area (Å²) in [6.07, 6.45) is 0. The van der Waals surface area contributed by atoms with E-state index in [1.54, 1.807) is 31.2 Å². The molecule has 7 heteroatoms. The maximum Gasteiger partial charge on any atom is 0.272 e. The first-order valence-electron chi connectivity index (χ1n) is 6.79. The van der Waals surface area contributed by atoms with Gasteiger partial charge in [0.25, 0.3) is 11.6 Å². The van der Waals surface area contributed by atoms with Gasteiger partial charge >= 0.3 is 0 Å². The first kappa shape index (κ1) is 15.1. The Labute approximate surface area is 136 Å². The Morgan fingerprint density at radius 1 is 1.26 bits per heavy atom. The van der Waals surface area contributed by atoms with Crippen molar-refractivity contribution in [1.82, 2.24) is 4.98 Å². The van der Waals surface area contributed by atoms with E-state index in [-0.39, 0.29) is 11.6 Å². The van der Waals surface area contributed by atoms with Gasteiger partial charge in [-0.2, -0.15) is 0 Å². The molecule has 0 atom stereocenters. The number of benzene rings is 2. The number of nitro benzene ring substituents is 1. The van der Waals surface area contributed by atoms with E-state index in [1.807, 2.05) is 6.07 Å². The summed E-state index contributed by atoms with van der Waals surface area (Å²) in [5.74, 6) is -0.388. The molecule has 23 heavy (non-hydrogen) atoms. The second kappa shape index (κ2) is 5.73. The van der Waals surface area contributed by atoms with Gasteiger partial charge in [-0.05, 0) is 24.6 Å². The van der Waals surface area contributed by atoms with Crippen molar-refractivity contribution < 1.29 is 9.72 Å². The number of aromatic nitrogens is 1. The Kier molecular flexibility index (Phi) is 3.75. The van der Waals surface area contributed by atoms with Crippen LogP contribution in [-0.2, 0) is 0 Å². The molecule has 0 radical (unpaired) electrons. The van der Waals surface area contributed by atoms with Gasteiger partial charge < -0.3 is 10.3 Å². The Morgan fingerprint density at radius 3 is 2.74 bits per heavy atom. The number of rotatable bonds is 3. The van der Waals surface area contributed by atoms with Gasteiger partial charge in [-0.3, -0.25) is 14.9 Å². The van der Waals surface area contributed by atoms with E-state index in [1.165, 1.54) is 12.1 Å². The van der Waals surface area contributed by atoms with Crippen molar-refractivity contribution >= 4 is 39.8 Å². The van der Waals surface area contributed by atoms with E-state index >= 15 is 0 Å². The SMILES string of the molecule is Cc1ccc([N+](=O)[O-])cc1NC(=O)c1cc2cccc(Cl)c2[nH]1. The summed E-state index contributed by atoms with van der Waals surface area (Å²) in [6, 6.07) is 11.4. The number of anilines is 1. The minimum atomic E-state index is -0.502. The van der Waals surface area contributed by atoms with Gasteiger partial charge in [0.1, 0.15) is 5.69 Å². The lowest BCUT2D eigenvalue weighted by Crippen LogP contribution is -2.13. The molecule has 3 aromatic rings.